The van der Waals surface area contributed by atoms with E-state index in [9.17, 15) is 13.2 Å². The molecule has 0 aliphatic heterocycles. The fourth-order valence-electron chi connectivity index (χ4n) is 1.61. The summed E-state index contributed by atoms with van der Waals surface area (Å²) >= 11 is 5.84. The Bertz CT molecular complexity index is 352. The zero-order valence-electron chi connectivity index (χ0n) is 9.52. The molecule has 1 atom stereocenters. The molecule has 1 rings (SSSR count). The van der Waals surface area contributed by atoms with E-state index >= 15 is 0 Å². The number of benzene rings is 1. The second-order valence-electron chi connectivity index (χ2n) is 3.84. The first-order chi connectivity index (χ1) is 7.92. The van der Waals surface area contributed by atoms with Crippen molar-refractivity contribution in [2.45, 2.75) is 32.0 Å². The summed E-state index contributed by atoms with van der Waals surface area (Å²) in [4.78, 5) is 0. The molecule has 1 aromatic rings. The van der Waals surface area contributed by atoms with Crippen LogP contribution in [0.4, 0.5) is 13.2 Å². The molecule has 0 aliphatic rings. The normalized spacial score (nSPS) is 13.7. The van der Waals surface area contributed by atoms with Crippen molar-refractivity contribution in [2.24, 2.45) is 0 Å². The Morgan fingerprint density at radius 3 is 2.59 bits per heavy atom. The van der Waals surface area contributed by atoms with Crippen LogP contribution in [0, 0.1) is 0 Å². The van der Waals surface area contributed by atoms with Crippen molar-refractivity contribution >= 4 is 11.6 Å². The number of nitrogens with one attached hydrogen (secondary N) is 1. The van der Waals surface area contributed by atoms with Gasteiger partial charge in [0.1, 0.15) is 0 Å². The third kappa shape index (κ3) is 5.41. The Morgan fingerprint density at radius 1 is 1.35 bits per heavy atom. The van der Waals surface area contributed by atoms with Crippen LogP contribution in [0.5, 0.6) is 0 Å². The van der Waals surface area contributed by atoms with Gasteiger partial charge in [-0.25, -0.2) is 0 Å². The number of hydrogen-bond donors (Lipinski definition) is 1. The van der Waals surface area contributed by atoms with E-state index in [0.29, 0.717) is 5.02 Å². The molecule has 0 saturated carbocycles. The van der Waals surface area contributed by atoms with E-state index in [0.717, 1.165) is 12.0 Å². The van der Waals surface area contributed by atoms with Crippen LogP contribution in [0.15, 0.2) is 24.3 Å². The first kappa shape index (κ1) is 14.3. The highest BCUT2D eigenvalue weighted by Gasteiger charge is 2.26. The van der Waals surface area contributed by atoms with Gasteiger partial charge in [-0.1, -0.05) is 30.7 Å². The van der Waals surface area contributed by atoms with Gasteiger partial charge >= 0.3 is 6.18 Å². The first-order valence-electron chi connectivity index (χ1n) is 5.48. The second kappa shape index (κ2) is 6.26. The fourth-order valence-corrected chi connectivity index (χ4v) is 1.81. The molecule has 1 N–H and O–H groups in total. The summed E-state index contributed by atoms with van der Waals surface area (Å²) in [5, 5.41) is 3.49. The van der Waals surface area contributed by atoms with E-state index in [1.54, 1.807) is 18.2 Å². The lowest BCUT2D eigenvalue weighted by Crippen LogP contribution is -2.25. The van der Waals surface area contributed by atoms with E-state index in [1.165, 1.54) is 0 Å². The summed E-state index contributed by atoms with van der Waals surface area (Å²) in [5.74, 6) is 0. The minimum absolute atomic E-state index is 0.0749. The highest BCUT2D eigenvalue weighted by atomic mass is 35.5. The molecule has 17 heavy (non-hydrogen) atoms. The van der Waals surface area contributed by atoms with Crippen LogP contribution in [-0.2, 0) is 0 Å². The molecule has 0 aromatic heterocycles. The highest BCUT2D eigenvalue weighted by molar-refractivity contribution is 6.30. The summed E-state index contributed by atoms with van der Waals surface area (Å²) in [6.45, 7) is 1.85. The Hall–Kier alpha value is -0.740. The van der Waals surface area contributed by atoms with Crippen LogP contribution < -0.4 is 5.32 Å². The smallest absolute Gasteiger partial charge is 0.310 e. The maximum Gasteiger partial charge on any atom is 0.390 e. The molecule has 0 fully saturated rings. The van der Waals surface area contributed by atoms with Crippen LogP contribution in [0.1, 0.15) is 31.4 Å². The first-order valence-corrected chi connectivity index (χ1v) is 5.86. The quantitative estimate of drug-likeness (QED) is 0.835. The van der Waals surface area contributed by atoms with Gasteiger partial charge in [-0.3, -0.25) is 0 Å². The number of alkyl halides is 3. The second-order valence-corrected chi connectivity index (χ2v) is 4.27. The molecule has 1 nitrogen and oxygen atoms in total. The van der Waals surface area contributed by atoms with Crippen LogP contribution in [0.2, 0.25) is 5.02 Å². The highest BCUT2D eigenvalue weighted by Crippen LogP contribution is 2.22. The van der Waals surface area contributed by atoms with Gasteiger partial charge in [0.2, 0.25) is 0 Å². The lowest BCUT2D eigenvalue weighted by molar-refractivity contribution is -0.133. The lowest BCUT2D eigenvalue weighted by Gasteiger charge is -2.18. The average Bonchev–Trinajstić information content (AvgIpc) is 2.23. The van der Waals surface area contributed by atoms with Crippen molar-refractivity contribution < 1.29 is 13.2 Å². The molecule has 0 saturated heterocycles. The Balaban J connectivity index is 2.54. The summed E-state index contributed by atoms with van der Waals surface area (Å²) in [5.41, 5.74) is 0.919. The topological polar surface area (TPSA) is 12.0 Å². The molecular weight excluding hydrogens is 251 g/mol. The third-order valence-electron chi connectivity index (χ3n) is 2.46. The molecular formula is C12H15ClF3N. The molecule has 0 spiro atoms. The van der Waals surface area contributed by atoms with Crippen molar-refractivity contribution in [2.75, 3.05) is 6.54 Å². The van der Waals surface area contributed by atoms with Gasteiger partial charge in [0.05, 0.1) is 6.42 Å². The monoisotopic (exact) mass is 265 g/mol. The summed E-state index contributed by atoms with van der Waals surface area (Å²) < 4.78 is 36.0. The summed E-state index contributed by atoms with van der Waals surface area (Å²) in [7, 11) is 0. The van der Waals surface area contributed by atoms with Crippen molar-refractivity contribution in [1.29, 1.82) is 0 Å². The van der Waals surface area contributed by atoms with Gasteiger partial charge in [-0.15, -0.1) is 0 Å². The van der Waals surface area contributed by atoms with Crippen molar-refractivity contribution in [3.05, 3.63) is 34.9 Å². The maximum absolute atomic E-state index is 12.0. The van der Waals surface area contributed by atoms with Gasteiger partial charge < -0.3 is 5.32 Å². The molecule has 0 aliphatic carbocycles. The summed E-state index contributed by atoms with van der Waals surface area (Å²) in [6.07, 6.45) is -4.21. The predicted molar refractivity (Wildman–Crippen MR) is 63.2 cm³/mol. The van der Waals surface area contributed by atoms with Gasteiger partial charge in [0.25, 0.3) is 0 Å². The van der Waals surface area contributed by atoms with E-state index in [-0.39, 0.29) is 12.6 Å². The molecule has 1 aromatic carbocycles. The van der Waals surface area contributed by atoms with Crippen LogP contribution in [0.25, 0.3) is 0 Å². The molecule has 0 amide bonds. The molecule has 0 heterocycles. The van der Waals surface area contributed by atoms with E-state index in [4.69, 9.17) is 11.6 Å². The van der Waals surface area contributed by atoms with E-state index in [1.807, 2.05) is 13.0 Å². The van der Waals surface area contributed by atoms with Crippen LogP contribution >= 0.6 is 11.6 Å². The number of hydrogen-bond acceptors (Lipinski definition) is 1. The molecule has 0 radical (unpaired) electrons. The molecule has 1 unspecified atom stereocenters. The SMILES string of the molecule is CCC(NCCC(F)(F)F)c1cccc(Cl)c1. The Morgan fingerprint density at radius 2 is 2.06 bits per heavy atom. The average molecular weight is 266 g/mol. The molecule has 0 bridgehead atoms. The Kier molecular flexibility index (Phi) is 5.28. The standard InChI is InChI=1S/C12H15ClF3N/c1-2-11(17-7-6-12(14,15)16)9-4-3-5-10(13)8-9/h3-5,8,11,17H,2,6-7H2,1H3. The largest absolute Gasteiger partial charge is 0.390 e. The lowest BCUT2D eigenvalue weighted by atomic mass is 10.0. The summed E-state index contributed by atoms with van der Waals surface area (Å²) in [6, 6.07) is 7.09. The predicted octanol–water partition coefficient (Wildman–Crippen LogP) is 4.33. The van der Waals surface area contributed by atoms with Gasteiger partial charge in [-0.05, 0) is 24.1 Å². The molecule has 96 valence electrons. The van der Waals surface area contributed by atoms with Gasteiger partial charge in [0, 0.05) is 17.6 Å². The third-order valence-corrected chi connectivity index (χ3v) is 2.69. The fraction of sp³-hybridized carbons (Fsp3) is 0.500. The van der Waals surface area contributed by atoms with Crippen LogP contribution in [-0.4, -0.2) is 12.7 Å². The minimum atomic E-state index is -4.11. The van der Waals surface area contributed by atoms with Crippen molar-refractivity contribution in [3.8, 4) is 0 Å². The van der Waals surface area contributed by atoms with Crippen LogP contribution in [0.3, 0.4) is 0 Å². The number of rotatable bonds is 5. The zero-order valence-corrected chi connectivity index (χ0v) is 10.3. The van der Waals surface area contributed by atoms with E-state index in [2.05, 4.69) is 5.32 Å². The zero-order chi connectivity index (χ0) is 12.9. The Labute approximate surface area is 104 Å². The van der Waals surface area contributed by atoms with Gasteiger partial charge in [-0.2, -0.15) is 13.2 Å². The maximum atomic E-state index is 12.0. The van der Waals surface area contributed by atoms with Gasteiger partial charge in [0.15, 0.2) is 0 Å². The minimum Gasteiger partial charge on any atom is -0.310 e. The van der Waals surface area contributed by atoms with Crippen molar-refractivity contribution in [1.82, 2.24) is 5.32 Å². The number of halogens is 4. The van der Waals surface area contributed by atoms with Crippen molar-refractivity contribution in [3.63, 3.8) is 0 Å². The molecule has 5 heteroatoms. The van der Waals surface area contributed by atoms with E-state index < -0.39 is 12.6 Å².